The molecule has 1 saturated heterocycles. The SMILES string of the molecule is COc1cc(CN2CCC(N)C(C)C2)cc(Cl)c1OCC(N)=O.Cl. The number of halogens is 2. The molecule has 2 unspecified atom stereocenters. The number of methoxy groups -OCH3 is 1. The van der Waals surface area contributed by atoms with E-state index in [1.807, 2.05) is 12.1 Å². The summed E-state index contributed by atoms with van der Waals surface area (Å²) < 4.78 is 10.7. The monoisotopic (exact) mass is 377 g/mol. The number of likely N-dealkylation sites (tertiary alicyclic amines) is 1. The largest absolute Gasteiger partial charge is 0.493 e. The van der Waals surface area contributed by atoms with Gasteiger partial charge >= 0.3 is 0 Å². The Morgan fingerprint density at radius 1 is 1.46 bits per heavy atom. The van der Waals surface area contributed by atoms with E-state index in [1.165, 1.54) is 7.11 Å². The molecule has 1 amide bonds. The number of nitrogens with two attached hydrogens (primary N) is 2. The molecule has 136 valence electrons. The van der Waals surface area contributed by atoms with E-state index in [-0.39, 0.29) is 25.1 Å². The average Bonchev–Trinajstić information content (AvgIpc) is 2.49. The van der Waals surface area contributed by atoms with Crippen LogP contribution in [0.25, 0.3) is 0 Å². The number of nitrogens with zero attached hydrogens (tertiary/aromatic N) is 1. The predicted molar refractivity (Wildman–Crippen MR) is 97.0 cm³/mol. The molecule has 2 atom stereocenters. The Bertz CT molecular complexity index is 572. The lowest BCUT2D eigenvalue weighted by Gasteiger charge is -2.35. The fourth-order valence-corrected chi connectivity index (χ4v) is 3.09. The molecule has 1 fully saturated rings. The van der Waals surface area contributed by atoms with E-state index in [2.05, 4.69) is 11.8 Å². The Morgan fingerprint density at radius 2 is 2.17 bits per heavy atom. The molecule has 1 aliphatic rings. The van der Waals surface area contributed by atoms with Gasteiger partial charge in [-0.25, -0.2) is 0 Å². The fraction of sp³-hybridized carbons (Fsp3) is 0.562. The van der Waals surface area contributed by atoms with Gasteiger partial charge in [0.2, 0.25) is 0 Å². The normalized spacial score (nSPS) is 21.0. The van der Waals surface area contributed by atoms with Crippen molar-refractivity contribution >= 4 is 29.9 Å². The van der Waals surface area contributed by atoms with Crippen molar-refractivity contribution in [1.82, 2.24) is 4.90 Å². The van der Waals surface area contributed by atoms with E-state index in [0.29, 0.717) is 22.4 Å². The second kappa shape index (κ2) is 9.32. The van der Waals surface area contributed by atoms with Crippen molar-refractivity contribution in [2.75, 3.05) is 26.8 Å². The standard InChI is InChI=1S/C16H24ClN3O3.ClH/c1-10-7-20(4-3-13(10)18)8-11-5-12(17)16(14(6-11)22-2)23-9-15(19)21;/h5-6,10,13H,3-4,7-9,18H2,1-2H3,(H2,19,21);1H. The zero-order chi connectivity index (χ0) is 17.0. The molecule has 1 aromatic carbocycles. The molecule has 2 rings (SSSR count). The Hall–Kier alpha value is -1.21. The van der Waals surface area contributed by atoms with Crippen molar-refractivity contribution in [3.05, 3.63) is 22.7 Å². The first-order chi connectivity index (χ1) is 10.9. The highest BCUT2D eigenvalue weighted by atomic mass is 35.5. The third kappa shape index (κ3) is 5.41. The van der Waals surface area contributed by atoms with Gasteiger partial charge in [-0.2, -0.15) is 0 Å². The molecule has 0 aliphatic carbocycles. The number of carbonyl (C=O) groups excluding carboxylic acids is 1. The minimum Gasteiger partial charge on any atom is -0.493 e. The summed E-state index contributed by atoms with van der Waals surface area (Å²) in [5.74, 6) is 0.742. The van der Waals surface area contributed by atoms with Crippen LogP contribution in [0.5, 0.6) is 11.5 Å². The summed E-state index contributed by atoms with van der Waals surface area (Å²) in [5.41, 5.74) is 12.2. The molecule has 8 heteroatoms. The highest BCUT2D eigenvalue weighted by Gasteiger charge is 2.23. The molecule has 0 spiro atoms. The van der Waals surface area contributed by atoms with Crippen LogP contribution in [0.1, 0.15) is 18.9 Å². The van der Waals surface area contributed by atoms with Crippen LogP contribution < -0.4 is 20.9 Å². The van der Waals surface area contributed by atoms with Crippen LogP contribution in [0.2, 0.25) is 5.02 Å². The van der Waals surface area contributed by atoms with Crippen molar-refractivity contribution in [2.45, 2.75) is 25.9 Å². The minimum absolute atomic E-state index is 0. The maximum atomic E-state index is 10.9. The van der Waals surface area contributed by atoms with E-state index >= 15 is 0 Å². The summed E-state index contributed by atoms with van der Waals surface area (Å²) in [6, 6.07) is 3.98. The van der Waals surface area contributed by atoms with E-state index in [1.54, 1.807) is 0 Å². The van der Waals surface area contributed by atoms with Gasteiger partial charge in [0.25, 0.3) is 5.91 Å². The number of primary amides is 1. The third-order valence-electron chi connectivity index (χ3n) is 4.11. The second-order valence-corrected chi connectivity index (χ2v) is 6.44. The summed E-state index contributed by atoms with van der Waals surface area (Å²) in [6.07, 6.45) is 0.992. The number of hydrogen-bond donors (Lipinski definition) is 2. The van der Waals surface area contributed by atoms with Gasteiger partial charge in [-0.15, -0.1) is 12.4 Å². The first-order valence-electron chi connectivity index (χ1n) is 7.66. The van der Waals surface area contributed by atoms with Crippen LogP contribution in [0, 0.1) is 5.92 Å². The molecular weight excluding hydrogens is 353 g/mol. The lowest BCUT2D eigenvalue weighted by molar-refractivity contribution is -0.119. The van der Waals surface area contributed by atoms with E-state index in [9.17, 15) is 4.79 Å². The Morgan fingerprint density at radius 3 is 2.75 bits per heavy atom. The summed E-state index contributed by atoms with van der Waals surface area (Å²) in [7, 11) is 1.54. The van der Waals surface area contributed by atoms with E-state index in [4.69, 9.17) is 32.5 Å². The van der Waals surface area contributed by atoms with Crippen LogP contribution in [0.4, 0.5) is 0 Å². The van der Waals surface area contributed by atoms with Crippen molar-refractivity contribution in [2.24, 2.45) is 17.4 Å². The number of rotatable bonds is 6. The molecule has 0 bridgehead atoms. The molecule has 1 aliphatic heterocycles. The number of benzene rings is 1. The Labute approximate surface area is 153 Å². The first kappa shape index (κ1) is 20.8. The van der Waals surface area contributed by atoms with Crippen LogP contribution in [-0.4, -0.2) is 43.7 Å². The molecule has 6 nitrogen and oxygen atoms in total. The van der Waals surface area contributed by atoms with Gasteiger partial charge in [-0.1, -0.05) is 18.5 Å². The zero-order valence-electron chi connectivity index (χ0n) is 14.0. The summed E-state index contributed by atoms with van der Waals surface area (Å²) >= 11 is 6.27. The van der Waals surface area contributed by atoms with Crippen LogP contribution >= 0.6 is 24.0 Å². The molecule has 4 N–H and O–H groups in total. The molecular formula is C16H25Cl2N3O3. The van der Waals surface area contributed by atoms with Gasteiger partial charge in [0, 0.05) is 19.1 Å². The number of ether oxygens (including phenoxy) is 2. The first-order valence-corrected chi connectivity index (χ1v) is 8.04. The van der Waals surface area contributed by atoms with E-state index < -0.39 is 5.91 Å². The lowest BCUT2D eigenvalue weighted by Crippen LogP contribution is -2.45. The maximum absolute atomic E-state index is 10.9. The molecule has 24 heavy (non-hydrogen) atoms. The van der Waals surface area contributed by atoms with Crippen LogP contribution in [-0.2, 0) is 11.3 Å². The molecule has 1 heterocycles. The highest BCUT2D eigenvalue weighted by Crippen LogP contribution is 2.37. The summed E-state index contributed by atoms with van der Waals surface area (Å²) in [5, 5.41) is 0.405. The number of piperidine rings is 1. The van der Waals surface area contributed by atoms with Crippen molar-refractivity contribution < 1.29 is 14.3 Å². The average molecular weight is 378 g/mol. The quantitative estimate of drug-likeness (QED) is 0.788. The zero-order valence-corrected chi connectivity index (χ0v) is 15.5. The van der Waals surface area contributed by atoms with Crippen LogP contribution in [0.15, 0.2) is 12.1 Å². The summed E-state index contributed by atoms with van der Waals surface area (Å²) in [4.78, 5) is 13.2. The second-order valence-electron chi connectivity index (χ2n) is 6.03. The number of carbonyl (C=O) groups is 1. The number of hydrogen-bond acceptors (Lipinski definition) is 5. The van der Waals surface area contributed by atoms with Gasteiger partial charge in [0.1, 0.15) is 0 Å². The van der Waals surface area contributed by atoms with Crippen molar-refractivity contribution in [1.29, 1.82) is 0 Å². The summed E-state index contributed by atoms with van der Waals surface area (Å²) in [6.45, 7) is 4.62. The molecule has 0 aromatic heterocycles. The van der Waals surface area contributed by atoms with Crippen LogP contribution in [0.3, 0.4) is 0 Å². The minimum atomic E-state index is -0.564. The Kier molecular flexibility index (Phi) is 8.09. The highest BCUT2D eigenvalue weighted by molar-refractivity contribution is 6.32. The molecule has 0 saturated carbocycles. The topological polar surface area (TPSA) is 90.8 Å². The van der Waals surface area contributed by atoms with Gasteiger partial charge in [-0.05, 0) is 36.6 Å². The Balaban J connectivity index is 0.00000288. The smallest absolute Gasteiger partial charge is 0.255 e. The van der Waals surface area contributed by atoms with Gasteiger partial charge in [0.15, 0.2) is 18.1 Å². The number of amides is 1. The maximum Gasteiger partial charge on any atom is 0.255 e. The van der Waals surface area contributed by atoms with Crippen molar-refractivity contribution in [3.8, 4) is 11.5 Å². The molecule has 0 radical (unpaired) electrons. The predicted octanol–water partition coefficient (Wildman–Crippen LogP) is 1.80. The fourth-order valence-electron chi connectivity index (χ4n) is 2.80. The lowest BCUT2D eigenvalue weighted by atomic mass is 9.94. The van der Waals surface area contributed by atoms with Gasteiger partial charge in [0.05, 0.1) is 12.1 Å². The van der Waals surface area contributed by atoms with Gasteiger partial charge in [-0.3, -0.25) is 9.69 Å². The third-order valence-corrected chi connectivity index (χ3v) is 4.39. The van der Waals surface area contributed by atoms with Crippen molar-refractivity contribution in [3.63, 3.8) is 0 Å². The van der Waals surface area contributed by atoms with E-state index in [0.717, 1.165) is 31.6 Å². The molecule has 1 aromatic rings. The van der Waals surface area contributed by atoms with Gasteiger partial charge < -0.3 is 20.9 Å².